The van der Waals surface area contributed by atoms with Gasteiger partial charge >= 0.3 is 0 Å². The molecule has 3 N–H and O–H groups in total. The lowest BCUT2D eigenvalue weighted by molar-refractivity contribution is 0.0939. The fourth-order valence-electron chi connectivity index (χ4n) is 2.44. The summed E-state index contributed by atoms with van der Waals surface area (Å²) in [5, 5.41) is 3.04. The van der Waals surface area contributed by atoms with E-state index in [1.807, 2.05) is 24.3 Å². The molecule has 104 valence electrons. The van der Waals surface area contributed by atoms with E-state index in [2.05, 4.69) is 17.3 Å². The monoisotopic (exact) mass is 261 g/mol. The van der Waals surface area contributed by atoms with Gasteiger partial charge in [-0.3, -0.25) is 4.79 Å². The smallest absolute Gasteiger partial charge is 0.251 e. The molecule has 1 saturated heterocycles. The lowest BCUT2D eigenvalue weighted by Gasteiger charge is -2.28. The fraction of sp³-hybridized carbons (Fsp3) is 0.533. The molecule has 1 aliphatic heterocycles. The van der Waals surface area contributed by atoms with Gasteiger partial charge in [0.1, 0.15) is 0 Å². The summed E-state index contributed by atoms with van der Waals surface area (Å²) in [4.78, 5) is 14.4. The highest BCUT2D eigenvalue weighted by molar-refractivity contribution is 5.94. The molecule has 1 aliphatic rings. The van der Waals surface area contributed by atoms with Gasteiger partial charge in [0, 0.05) is 18.7 Å². The summed E-state index contributed by atoms with van der Waals surface area (Å²) in [6.07, 6.45) is 2.33. The summed E-state index contributed by atoms with van der Waals surface area (Å²) in [5.74, 6) is 0.618. The van der Waals surface area contributed by atoms with Gasteiger partial charge in [-0.1, -0.05) is 12.1 Å². The van der Waals surface area contributed by atoms with Crippen LogP contribution in [0.1, 0.15) is 28.8 Å². The van der Waals surface area contributed by atoms with Gasteiger partial charge in [-0.05, 0) is 56.6 Å². The van der Waals surface area contributed by atoms with E-state index in [-0.39, 0.29) is 5.91 Å². The molecule has 19 heavy (non-hydrogen) atoms. The Labute approximate surface area is 115 Å². The number of benzene rings is 1. The summed E-state index contributed by atoms with van der Waals surface area (Å²) in [6, 6.07) is 7.52. The number of nitrogens with two attached hydrogens (primary N) is 1. The van der Waals surface area contributed by atoms with Crippen molar-refractivity contribution in [2.45, 2.75) is 19.4 Å². The largest absolute Gasteiger partial charge is 0.352 e. The van der Waals surface area contributed by atoms with Crippen molar-refractivity contribution < 1.29 is 4.79 Å². The molecular formula is C15H23N3O. The molecule has 1 aromatic carbocycles. The maximum Gasteiger partial charge on any atom is 0.251 e. The molecule has 0 spiro atoms. The standard InChI is InChI=1S/C15H23N3O/c1-18-7-5-12(6-8-18)11-17-15(19)14-4-2-3-13(9-14)10-16/h2-4,9,12H,5-8,10-11,16H2,1H3,(H,17,19). The third-order valence-electron chi connectivity index (χ3n) is 3.81. The Morgan fingerprint density at radius 2 is 2.16 bits per heavy atom. The molecule has 0 bridgehead atoms. The molecule has 1 fully saturated rings. The van der Waals surface area contributed by atoms with Crippen molar-refractivity contribution in [3.8, 4) is 0 Å². The molecule has 4 heteroatoms. The van der Waals surface area contributed by atoms with Gasteiger partial charge in [0.2, 0.25) is 0 Å². The van der Waals surface area contributed by atoms with E-state index in [1.165, 1.54) is 12.8 Å². The zero-order chi connectivity index (χ0) is 13.7. The number of piperidine rings is 1. The Kier molecular flexibility index (Phi) is 4.93. The highest BCUT2D eigenvalue weighted by Gasteiger charge is 2.17. The molecule has 0 unspecified atom stereocenters. The molecule has 1 aromatic rings. The van der Waals surface area contributed by atoms with Crippen LogP contribution in [0, 0.1) is 5.92 Å². The molecule has 0 aliphatic carbocycles. The summed E-state index contributed by atoms with van der Waals surface area (Å²) >= 11 is 0. The maximum atomic E-state index is 12.1. The minimum atomic E-state index is 0.00854. The Morgan fingerprint density at radius 1 is 1.42 bits per heavy atom. The SMILES string of the molecule is CN1CCC(CNC(=O)c2cccc(CN)c2)CC1. The topological polar surface area (TPSA) is 58.4 Å². The van der Waals surface area contributed by atoms with Crippen LogP contribution in [0.4, 0.5) is 0 Å². The van der Waals surface area contributed by atoms with Gasteiger partial charge in [-0.25, -0.2) is 0 Å². The van der Waals surface area contributed by atoms with E-state index in [4.69, 9.17) is 5.73 Å². The van der Waals surface area contributed by atoms with Crippen molar-refractivity contribution in [3.63, 3.8) is 0 Å². The molecule has 1 amide bonds. The van der Waals surface area contributed by atoms with E-state index in [0.717, 1.165) is 25.2 Å². The van der Waals surface area contributed by atoms with E-state index in [0.29, 0.717) is 18.0 Å². The van der Waals surface area contributed by atoms with Crippen LogP contribution >= 0.6 is 0 Å². The van der Waals surface area contributed by atoms with Gasteiger partial charge in [0.05, 0.1) is 0 Å². The van der Waals surface area contributed by atoms with Crippen LogP contribution in [-0.2, 0) is 6.54 Å². The van der Waals surface area contributed by atoms with Gasteiger partial charge in [0.25, 0.3) is 5.91 Å². The Balaban J connectivity index is 1.83. The minimum Gasteiger partial charge on any atom is -0.352 e. The average molecular weight is 261 g/mol. The Hall–Kier alpha value is -1.39. The van der Waals surface area contributed by atoms with E-state index in [1.54, 1.807) is 0 Å². The second-order valence-electron chi connectivity index (χ2n) is 5.36. The lowest BCUT2D eigenvalue weighted by Crippen LogP contribution is -2.36. The number of amides is 1. The van der Waals surface area contributed by atoms with Gasteiger partial charge in [-0.15, -0.1) is 0 Å². The molecule has 0 aromatic heterocycles. The number of carbonyl (C=O) groups excluding carboxylic acids is 1. The van der Waals surface area contributed by atoms with Crippen LogP contribution in [-0.4, -0.2) is 37.5 Å². The molecule has 0 saturated carbocycles. The normalized spacial score (nSPS) is 17.4. The number of hydrogen-bond donors (Lipinski definition) is 2. The fourth-order valence-corrected chi connectivity index (χ4v) is 2.44. The summed E-state index contributed by atoms with van der Waals surface area (Å²) in [6.45, 7) is 3.50. The second kappa shape index (κ2) is 6.68. The van der Waals surface area contributed by atoms with E-state index < -0.39 is 0 Å². The van der Waals surface area contributed by atoms with E-state index in [9.17, 15) is 4.79 Å². The number of nitrogens with zero attached hydrogens (tertiary/aromatic N) is 1. The first-order chi connectivity index (χ1) is 9.19. The van der Waals surface area contributed by atoms with Crippen LogP contribution in [0.5, 0.6) is 0 Å². The zero-order valence-electron chi connectivity index (χ0n) is 11.6. The van der Waals surface area contributed by atoms with Crippen LogP contribution in [0.15, 0.2) is 24.3 Å². The molecule has 0 atom stereocenters. The predicted octanol–water partition coefficient (Wildman–Crippen LogP) is 1.22. The summed E-state index contributed by atoms with van der Waals surface area (Å²) in [7, 11) is 2.15. The number of likely N-dealkylation sites (tertiary alicyclic amines) is 1. The first kappa shape index (κ1) is 14.0. The first-order valence-corrected chi connectivity index (χ1v) is 6.95. The first-order valence-electron chi connectivity index (χ1n) is 6.95. The molecule has 4 nitrogen and oxygen atoms in total. The van der Waals surface area contributed by atoms with Gasteiger partial charge in [-0.2, -0.15) is 0 Å². The van der Waals surface area contributed by atoms with Crippen LogP contribution in [0.3, 0.4) is 0 Å². The van der Waals surface area contributed by atoms with Crippen molar-refractivity contribution in [1.82, 2.24) is 10.2 Å². The van der Waals surface area contributed by atoms with Crippen LogP contribution in [0.2, 0.25) is 0 Å². The second-order valence-corrected chi connectivity index (χ2v) is 5.36. The highest BCUT2D eigenvalue weighted by Crippen LogP contribution is 2.15. The zero-order valence-corrected chi connectivity index (χ0v) is 11.6. The molecule has 2 rings (SSSR count). The van der Waals surface area contributed by atoms with E-state index >= 15 is 0 Å². The number of hydrogen-bond acceptors (Lipinski definition) is 3. The number of nitrogens with one attached hydrogen (secondary N) is 1. The minimum absolute atomic E-state index is 0.00854. The molecular weight excluding hydrogens is 238 g/mol. The predicted molar refractivity (Wildman–Crippen MR) is 76.9 cm³/mol. The van der Waals surface area contributed by atoms with Gasteiger partial charge < -0.3 is 16.0 Å². The summed E-state index contributed by atoms with van der Waals surface area (Å²) < 4.78 is 0. The van der Waals surface area contributed by atoms with Crippen molar-refractivity contribution in [2.24, 2.45) is 11.7 Å². The molecule has 1 heterocycles. The van der Waals surface area contributed by atoms with Crippen LogP contribution in [0.25, 0.3) is 0 Å². The number of rotatable bonds is 4. The number of carbonyl (C=O) groups is 1. The third kappa shape index (κ3) is 4.04. The summed E-state index contributed by atoms with van der Waals surface area (Å²) in [5.41, 5.74) is 7.28. The van der Waals surface area contributed by atoms with Gasteiger partial charge in [0.15, 0.2) is 0 Å². The quantitative estimate of drug-likeness (QED) is 0.856. The van der Waals surface area contributed by atoms with Crippen molar-refractivity contribution >= 4 is 5.91 Å². The van der Waals surface area contributed by atoms with Crippen molar-refractivity contribution in [1.29, 1.82) is 0 Å². The van der Waals surface area contributed by atoms with Crippen molar-refractivity contribution in [3.05, 3.63) is 35.4 Å². The Bertz CT molecular complexity index is 425. The highest BCUT2D eigenvalue weighted by atomic mass is 16.1. The molecule has 0 radical (unpaired) electrons. The van der Waals surface area contributed by atoms with Crippen LogP contribution < -0.4 is 11.1 Å². The van der Waals surface area contributed by atoms with Crippen molar-refractivity contribution in [2.75, 3.05) is 26.7 Å². The lowest BCUT2D eigenvalue weighted by atomic mass is 9.97. The maximum absolute atomic E-state index is 12.1. The third-order valence-corrected chi connectivity index (χ3v) is 3.81. The average Bonchev–Trinajstić information content (AvgIpc) is 2.46. The Morgan fingerprint density at radius 3 is 2.84 bits per heavy atom.